The van der Waals surface area contributed by atoms with E-state index >= 15 is 0 Å². The Morgan fingerprint density at radius 1 is 1.24 bits per heavy atom. The van der Waals surface area contributed by atoms with Crippen LogP contribution >= 0.6 is 0 Å². The Bertz CT molecular complexity index is 521. The second-order valence-electron chi connectivity index (χ2n) is 4.94. The number of nitrogens with two attached hydrogens (primary N) is 1. The Kier molecular flexibility index (Phi) is 6.23. The van der Waals surface area contributed by atoms with Gasteiger partial charge in [-0.05, 0) is 12.0 Å². The van der Waals surface area contributed by atoms with E-state index in [2.05, 4.69) is 10.6 Å². The van der Waals surface area contributed by atoms with E-state index in [1.165, 1.54) is 6.07 Å². The van der Waals surface area contributed by atoms with Gasteiger partial charge >= 0.3 is 0 Å². The lowest BCUT2D eigenvalue weighted by atomic mass is 9.95. The minimum atomic E-state index is -0.722. The van der Waals surface area contributed by atoms with E-state index in [9.17, 15) is 18.4 Å². The number of benzene rings is 1. The number of halogens is 2. The summed E-state index contributed by atoms with van der Waals surface area (Å²) in [6.45, 7) is 3.13. The van der Waals surface area contributed by atoms with Gasteiger partial charge in [0.05, 0.1) is 19.1 Å². The smallest absolute Gasteiger partial charge is 0.239 e. The summed E-state index contributed by atoms with van der Waals surface area (Å²) < 4.78 is 26.7. The van der Waals surface area contributed by atoms with Crippen LogP contribution in [0.5, 0.6) is 0 Å². The molecule has 4 N–H and O–H groups in total. The molecule has 1 atom stereocenters. The van der Waals surface area contributed by atoms with Crippen LogP contribution in [0.1, 0.15) is 25.5 Å². The zero-order valence-corrected chi connectivity index (χ0v) is 12.0. The molecule has 2 amide bonds. The van der Waals surface area contributed by atoms with Crippen molar-refractivity contribution in [3.05, 3.63) is 35.4 Å². The van der Waals surface area contributed by atoms with Gasteiger partial charge in [-0.3, -0.25) is 9.59 Å². The van der Waals surface area contributed by atoms with Crippen molar-refractivity contribution in [3.63, 3.8) is 0 Å². The van der Waals surface area contributed by atoms with Gasteiger partial charge < -0.3 is 16.4 Å². The lowest BCUT2D eigenvalue weighted by Crippen LogP contribution is -2.41. The first-order chi connectivity index (χ1) is 9.85. The number of nitrogens with one attached hydrogen (secondary N) is 2. The van der Waals surface area contributed by atoms with Crippen molar-refractivity contribution in [2.75, 3.05) is 13.1 Å². The van der Waals surface area contributed by atoms with Gasteiger partial charge in [-0.25, -0.2) is 8.78 Å². The molecule has 0 radical (unpaired) electrons. The van der Waals surface area contributed by atoms with Crippen molar-refractivity contribution >= 4 is 11.8 Å². The highest BCUT2D eigenvalue weighted by atomic mass is 19.1. The number of carbonyl (C=O) groups is 2. The van der Waals surface area contributed by atoms with Gasteiger partial charge in [-0.15, -0.1) is 0 Å². The van der Waals surface area contributed by atoms with Crippen LogP contribution in [0.15, 0.2) is 18.2 Å². The summed E-state index contributed by atoms with van der Waals surface area (Å²) in [5, 5.41) is 4.94. The highest BCUT2D eigenvalue weighted by Crippen LogP contribution is 2.24. The topological polar surface area (TPSA) is 84.2 Å². The van der Waals surface area contributed by atoms with Gasteiger partial charge in [-0.1, -0.05) is 19.9 Å². The zero-order valence-electron chi connectivity index (χ0n) is 12.0. The van der Waals surface area contributed by atoms with Gasteiger partial charge in [0.25, 0.3) is 0 Å². The van der Waals surface area contributed by atoms with E-state index in [0.717, 1.165) is 12.1 Å². The second-order valence-corrected chi connectivity index (χ2v) is 4.94. The summed E-state index contributed by atoms with van der Waals surface area (Å²) >= 11 is 0. The van der Waals surface area contributed by atoms with Gasteiger partial charge in [0.15, 0.2) is 0 Å². The lowest BCUT2D eigenvalue weighted by molar-refractivity contribution is -0.126. The van der Waals surface area contributed by atoms with Crippen molar-refractivity contribution in [2.24, 2.45) is 11.7 Å². The Labute approximate surface area is 121 Å². The maximum Gasteiger partial charge on any atom is 0.239 e. The minimum Gasteiger partial charge on any atom is -0.347 e. The summed E-state index contributed by atoms with van der Waals surface area (Å²) in [5.41, 5.74) is 5.30. The fourth-order valence-electron chi connectivity index (χ4n) is 1.83. The van der Waals surface area contributed by atoms with E-state index < -0.39 is 29.5 Å². The van der Waals surface area contributed by atoms with Crippen LogP contribution in [0.4, 0.5) is 8.78 Å². The quantitative estimate of drug-likeness (QED) is 0.728. The molecule has 1 unspecified atom stereocenters. The van der Waals surface area contributed by atoms with E-state index in [0.29, 0.717) is 0 Å². The largest absolute Gasteiger partial charge is 0.347 e. The van der Waals surface area contributed by atoms with E-state index in [1.54, 1.807) is 13.8 Å². The van der Waals surface area contributed by atoms with Crippen LogP contribution in [0.25, 0.3) is 0 Å². The third-order valence-corrected chi connectivity index (χ3v) is 2.91. The van der Waals surface area contributed by atoms with Crippen LogP contribution in [-0.4, -0.2) is 24.9 Å². The highest BCUT2D eigenvalue weighted by molar-refractivity contribution is 5.85. The molecule has 0 aliphatic rings. The molecule has 116 valence electrons. The molecule has 0 aromatic heterocycles. The van der Waals surface area contributed by atoms with E-state index in [1.807, 2.05) is 0 Å². The second kappa shape index (κ2) is 7.68. The molecule has 0 saturated heterocycles. The molecule has 7 heteroatoms. The van der Waals surface area contributed by atoms with Gasteiger partial charge in [-0.2, -0.15) is 0 Å². The Hall–Kier alpha value is -2.02. The van der Waals surface area contributed by atoms with Crippen LogP contribution < -0.4 is 16.4 Å². The maximum absolute atomic E-state index is 13.8. The van der Waals surface area contributed by atoms with E-state index in [-0.39, 0.29) is 24.6 Å². The Balaban J connectivity index is 2.78. The average molecular weight is 299 g/mol. The maximum atomic E-state index is 13.8. The fraction of sp³-hybridized carbons (Fsp3) is 0.429. The van der Waals surface area contributed by atoms with Crippen LogP contribution in [0, 0.1) is 17.6 Å². The van der Waals surface area contributed by atoms with Gasteiger partial charge in [0, 0.05) is 11.6 Å². The van der Waals surface area contributed by atoms with Crippen LogP contribution in [0.2, 0.25) is 0 Å². The Morgan fingerprint density at radius 2 is 1.90 bits per heavy atom. The zero-order chi connectivity index (χ0) is 16.0. The molecular formula is C14H19F2N3O2. The minimum absolute atomic E-state index is 0.112. The lowest BCUT2D eigenvalue weighted by Gasteiger charge is -2.23. The molecule has 1 rings (SSSR count). The first kappa shape index (κ1) is 17.0. The van der Waals surface area contributed by atoms with Crippen LogP contribution in [0.3, 0.4) is 0 Å². The molecule has 5 nitrogen and oxygen atoms in total. The molecule has 0 fully saturated rings. The first-order valence-corrected chi connectivity index (χ1v) is 6.56. The SMILES string of the molecule is CC(C)C(NC(=O)CNC(=O)CN)c1ccc(F)cc1F. The van der Waals surface area contributed by atoms with Crippen molar-refractivity contribution < 1.29 is 18.4 Å². The van der Waals surface area contributed by atoms with Gasteiger partial charge in [0.1, 0.15) is 11.6 Å². The number of rotatable bonds is 6. The third kappa shape index (κ3) is 5.11. The molecule has 0 aliphatic heterocycles. The average Bonchev–Trinajstić information content (AvgIpc) is 2.42. The normalized spacial score (nSPS) is 12.1. The highest BCUT2D eigenvalue weighted by Gasteiger charge is 2.21. The first-order valence-electron chi connectivity index (χ1n) is 6.56. The number of hydrogen-bond donors (Lipinski definition) is 3. The molecule has 0 bridgehead atoms. The number of hydrogen-bond acceptors (Lipinski definition) is 3. The molecule has 0 saturated carbocycles. The number of amides is 2. The van der Waals surface area contributed by atoms with Gasteiger partial charge in [0.2, 0.25) is 11.8 Å². The molecule has 1 aromatic carbocycles. The predicted molar refractivity (Wildman–Crippen MR) is 74.1 cm³/mol. The molecule has 21 heavy (non-hydrogen) atoms. The summed E-state index contributed by atoms with van der Waals surface area (Å²) in [6, 6.07) is 2.59. The fourth-order valence-corrected chi connectivity index (χ4v) is 1.83. The summed E-state index contributed by atoms with van der Waals surface area (Å²) in [5.74, 6) is -2.45. The monoisotopic (exact) mass is 299 g/mol. The number of carbonyl (C=O) groups excluding carboxylic acids is 2. The third-order valence-electron chi connectivity index (χ3n) is 2.91. The molecule has 0 aliphatic carbocycles. The molecule has 0 spiro atoms. The van der Waals surface area contributed by atoms with Crippen molar-refractivity contribution in [1.29, 1.82) is 0 Å². The van der Waals surface area contributed by atoms with Crippen molar-refractivity contribution in [1.82, 2.24) is 10.6 Å². The predicted octanol–water partition coefficient (Wildman–Crippen LogP) is 0.853. The van der Waals surface area contributed by atoms with Crippen LogP contribution in [-0.2, 0) is 9.59 Å². The molecule has 0 heterocycles. The Morgan fingerprint density at radius 3 is 2.43 bits per heavy atom. The van der Waals surface area contributed by atoms with Crippen molar-refractivity contribution in [3.8, 4) is 0 Å². The molecule has 1 aromatic rings. The summed E-state index contributed by atoms with van der Waals surface area (Å²) in [7, 11) is 0. The molecular weight excluding hydrogens is 280 g/mol. The van der Waals surface area contributed by atoms with Crippen molar-refractivity contribution in [2.45, 2.75) is 19.9 Å². The summed E-state index contributed by atoms with van der Waals surface area (Å²) in [4.78, 5) is 22.7. The standard InChI is InChI=1S/C14H19F2N3O2/c1-8(2)14(10-4-3-9(15)5-11(10)16)19-13(21)7-18-12(20)6-17/h3-5,8,14H,6-7,17H2,1-2H3,(H,18,20)(H,19,21). The summed E-state index contributed by atoms with van der Waals surface area (Å²) in [6.07, 6.45) is 0. The van der Waals surface area contributed by atoms with E-state index in [4.69, 9.17) is 5.73 Å².